The first-order valence-electron chi connectivity index (χ1n) is 9.98. The van der Waals surface area contributed by atoms with Crippen LogP contribution in [0.3, 0.4) is 0 Å². The monoisotopic (exact) mass is 419 g/mol. The first-order valence-corrected chi connectivity index (χ1v) is 9.98. The van der Waals surface area contributed by atoms with Crippen LogP contribution in [-0.4, -0.2) is 29.1 Å². The summed E-state index contributed by atoms with van der Waals surface area (Å²) in [6.45, 7) is 4.23. The molecule has 0 unspecified atom stereocenters. The molecule has 3 aromatic rings. The fourth-order valence-corrected chi connectivity index (χ4v) is 3.15. The van der Waals surface area contributed by atoms with Crippen LogP contribution in [0.15, 0.2) is 66.7 Å². The van der Waals surface area contributed by atoms with Gasteiger partial charge >= 0.3 is 12.0 Å². The average molecular weight is 419 g/mol. The lowest BCUT2D eigenvalue weighted by molar-refractivity contribution is -0.120. The van der Waals surface area contributed by atoms with Gasteiger partial charge in [-0.05, 0) is 55.8 Å². The SMILES string of the molecule is Cc1ccc(C)n1-c1ccc(C(=O)OCCC(=O)NC(=O)NCc2ccccc2)cc1. The highest BCUT2D eigenvalue weighted by Gasteiger charge is 2.12. The minimum absolute atomic E-state index is 0.107. The van der Waals surface area contributed by atoms with Crippen molar-refractivity contribution in [1.29, 1.82) is 0 Å². The lowest BCUT2D eigenvalue weighted by atomic mass is 10.2. The number of hydrogen-bond acceptors (Lipinski definition) is 4. The van der Waals surface area contributed by atoms with Gasteiger partial charge in [0.05, 0.1) is 12.0 Å². The molecular weight excluding hydrogens is 394 g/mol. The van der Waals surface area contributed by atoms with E-state index in [0.29, 0.717) is 12.1 Å². The Labute approximate surface area is 181 Å². The molecule has 0 saturated carbocycles. The summed E-state index contributed by atoms with van der Waals surface area (Å²) >= 11 is 0. The van der Waals surface area contributed by atoms with Crippen molar-refractivity contribution in [2.24, 2.45) is 0 Å². The number of urea groups is 1. The van der Waals surface area contributed by atoms with E-state index in [9.17, 15) is 14.4 Å². The van der Waals surface area contributed by atoms with Gasteiger partial charge in [-0.2, -0.15) is 0 Å². The highest BCUT2D eigenvalue weighted by Crippen LogP contribution is 2.17. The Morgan fingerprint density at radius 1 is 0.871 bits per heavy atom. The van der Waals surface area contributed by atoms with Gasteiger partial charge in [-0.1, -0.05) is 30.3 Å². The fraction of sp³-hybridized carbons (Fsp3) is 0.208. The smallest absolute Gasteiger partial charge is 0.338 e. The molecule has 2 aromatic carbocycles. The molecule has 3 amide bonds. The van der Waals surface area contributed by atoms with Crippen molar-refractivity contribution in [2.45, 2.75) is 26.8 Å². The number of aryl methyl sites for hydroxylation is 2. The maximum Gasteiger partial charge on any atom is 0.338 e. The maximum atomic E-state index is 12.2. The van der Waals surface area contributed by atoms with E-state index < -0.39 is 17.9 Å². The van der Waals surface area contributed by atoms with E-state index in [1.807, 2.05) is 68.4 Å². The van der Waals surface area contributed by atoms with Crippen LogP contribution in [0, 0.1) is 13.8 Å². The van der Waals surface area contributed by atoms with Crippen LogP contribution >= 0.6 is 0 Å². The summed E-state index contributed by atoms with van der Waals surface area (Å²) in [5, 5.41) is 4.81. The number of ether oxygens (including phenoxy) is 1. The number of benzene rings is 2. The Kier molecular flexibility index (Phi) is 7.22. The molecule has 0 saturated heterocycles. The molecule has 0 aliphatic heterocycles. The summed E-state index contributed by atoms with van der Waals surface area (Å²) < 4.78 is 7.23. The molecule has 7 nitrogen and oxygen atoms in total. The third kappa shape index (κ3) is 6.05. The number of esters is 1. The standard InChI is InChI=1S/C24H25N3O4/c1-17-8-9-18(2)27(17)21-12-10-20(11-13-21)23(29)31-15-14-22(28)26-24(30)25-16-19-6-4-3-5-7-19/h3-13H,14-16H2,1-2H3,(H2,25,26,28,30). The Hall–Kier alpha value is -3.87. The molecule has 0 fully saturated rings. The second kappa shape index (κ2) is 10.2. The molecule has 1 aromatic heterocycles. The fourth-order valence-electron chi connectivity index (χ4n) is 3.15. The molecule has 0 spiro atoms. The lowest BCUT2D eigenvalue weighted by Crippen LogP contribution is -2.39. The minimum Gasteiger partial charge on any atom is -0.462 e. The zero-order valence-corrected chi connectivity index (χ0v) is 17.6. The van der Waals surface area contributed by atoms with Gasteiger partial charge in [0.15, 0.2) is 0 Å². The van der Waals surface area contributed by atoms with Crippen molar-refractivity contribution >= 4 is 17.9 Å². The normalized spacial score (nSPS) is 10.4. The molecule has 3 rings (SSSR count). The second-order valence-electron chi connectivity index (χ2n) is 7.10. The number of imide groups is 1. The third-order valence-electron chi connectivity index (χ3n) is 4.74. The molecule has 0 aliphatic carbocycles. The number of aromatic nitrogens is 1. The quantitative estimate of drug-likeness (QED) is 0.572. The zero-order chi connectivity index (χ0) is 22.2. The number of nitrogens with one attached hydrogen (secondary N) is 2. The molecule has 7 heteroatoms. The van der Waals surface area contributed by atoms with E-state index >= 15 is 0 Å². The molecule has 2 N–H and O–H groups in total. The van der Waals surface area contributed by atoms with Gasteiger partial charge in [-0.3, -0.25) is 10.1 Å². The van der Waals surface area contributed by atoms with Gasteiger partial charge < -0.3 is 14.6 Å². The molecule has 160 valence electrons. The average Bonchev–Trinajstić information content (AvgIpc) is 3.11. The molecule has 0 atom stereocenters. The van der Waals surface area contributed by atoms with Crippen molar-refractivity contribution in [3.8, 4) is 5.69 Å². The summed E-state index contributed by atoms with van der Waals surface area (Å²) in [6.07, 6.45) is -0.107. The largest absolute Gasteiger partial charge is 0.462 e. The van der Waals surface area contributed by atoms with E-state index in [1.165, 1.54) is 0 Å². The molecular formula is C24H25N3O4. The second-order valence-corrected chi connectivity index (χ2v) is 7.10. The van der Waals surface area contributed by atoms with E-state index in [-0.39, 0.29) is 13.0 Å². The van der Waals surface area contributed by atoms with Crippen LogP contribution in [0.25, 0.3) is 5.69 Å². The topological polar surface area (TPSA) is 89.4 Å². The van der Waals surface area contributed by atoms with Crippen molar-refractivity contribution in [3.05, 3.63) is 89.2 Å². The summed E-state index contributed by atoms with van der Waals surface area (Å²) in [4.78, 5) is 35.8. The number of amides is 3. The van der Waals surface area contributed by atoms with Crippen LogP contribution in [0.1, 0.15) is 33.7 Å². The number of carbonyl (C=O) groups excluding carboxylic acids is 3. The molecule has 0 bridgehead atoms. The lowest BCUT2D eigenvalue weighted by Gasteiger charge is -2.10. The number of rotatable bonds is 7. The Morgan fingerprint density at radius 3 is 2.16 bits per heavy atom. The van der Waals surface area contributed by atoms with Crippen molar-refractivity contribution < 1.29 is 19.1 Å². The van der Waals surface area contributed by atoms with Gasteiger partial charge in [0.25, 0.3) is 0 Å². The highest BCUT2D eigenvalue weighted by atomic mass is 16.5. The van der Waals surface area contributed by atoms with Gasteiger partial charge in [0.2, 0.25) is 5.91 Å². The van der Waals surface area contributed by atoms with E-state index in [2.05, 4.69) is 15.2 Å². The van der Waals surface area contributed by atoms with E-state index in [0.717, 1.165) is 22.6 Å². The third-order valence-corrected chi connectivity index (χ3v) is 4.74. The van der Waals surface area contributed by atoms with Crippen LogP contribution in [0.2, 0.25) is 0 Å². The Morgan fingerprint density at radius 2 is 1.52 bits per heavy atom. The zero-order valence-electron chi connectivity index (χ0n) is 17.6. The predicted octanol–water partition coefficient (Wildman–Crippen LogP) is 3.67. The van der Waals surface area contributed by atoms with Crippen molar-refractivity contribution in [3.63, 3.8) is 0 Å². The summed E-state index contributed by atoms with van der Waals surface area (Å²) in [5.41, 5.74) is 4.48. The first kappa shape index (κ1) is 21.8. The molecule has 0 aliphatic rings. The highest BCUT2D eigenvalue weighted by molar-refractivity contribution is 5.94. The number of nitrogens with zero attached hydrogens (tertiary/aromatic N) is 1. The molecule has 31 heavy (non-hydrogen) atoms. The van der Waals surface area contributed by atoms with Crippen LogP contribution in [0.5, 0.6) is 0 Å². The maximum absolute atomic E-state index is 12.2. The minimum atomic E-state index is -0.591. The molecule has 1 heterocycles. The molecule has 0 radical (unpaired) electrons. The van der Waals surface area contributed by atoms with Crippen LogP contribution in [-0.2, 0) is 16.1 Å². The Balaban J connectivity index is 1.41. The van der Waals surface area contributed by atoms with Gasteiger partial charge in [-0.15, -0.1) is 0 Å². The first-order chi connectivity index (χ1) is 14.9. The summed E-state index contributed by atoms with van der Waals surface area (Å²) in [7, 11) is 0. The predicted molar refractivity (Wildman–Crippen MR) is 117 cm³/mol. The van der Waals surface area contributed by atoms with Gasteiger partial charge in [0, 0.05) is 23.6 Å². The van der Waals surface area contributed by atoms with Crippen molar-refractivity contribution in [1.82, 2.24) is 15.2 Å². The summed E-state index contributed by atoms with van der Waals surface area (Å²) in [6, 6.07) is 19.9. The van der Waals surface area contributed by atoms with Gasteiger partial charge in [-0.25, -0.2) is 9.59 Å². The van der Waals surface area contributed by atoms with Gasteiger partial charge in [0.1, 0.15) is 6.61 Å². The Bertz CT molecular complexity index is 1040. The van der Waals surface area contributed by atoms with E-state index in [1.54, 1.807) is 12.1 Å². The van der Waals surface area contributed by atoms with E-state index in [4.69, 9.17) is 4.74 Å². The number of hydrogen-bond donors (Lipinski definition) is 2. The van der Waals surface area contributed by atoms with Crippen LogP contribution < -0.4 is 10.6 Å². The number of carbonyl (C=O) groups is 3. The summed E-state index contributed by atoms with van der Waals surface area (Å²) in [5.74, 6) is -1.04. The van der Waals surface area contributed by atoms with Crippen LogP contribution in [0.4, 0.5) is 4.79 Å². The van der Waals surface area contributed by atoms with Crippen molar-refractivity contribution in [2.75, 3.05) is 6.61 Å².